The van der Waals surface area contributed by atoms with Crippen molar-refractivity contribution in [2.45, 2.75) is 37.8 Å². The van der Waals surface area contributed by atoms with E-state index in [1.54, 1.807) is 4.68 Å². The van der Waals surface area contributed by atoms with Gasteiger partial charge in [0, 0.05) is 0 Å². The number of hydrogen-bond acceptors (Lipinski definition) is 5. The molecule has 90 valence electrons. The maximum Gasteiger partial charge on any atom is 0.183 e. The number of nitrogens with zero attached hydrogens (tertiary/aromatic N) is 5. The molecule has 6 nitrogen and oxygen atoms in total. The first-order chi connectivity index (χ1) is 8.27. The highest BCUT2D eigenvalue weighted by Gasteiger charge is 2.27. The van der Waals surface area contributed by atoms with Crippen LogP contribution in [0.25, 0.3) is 11.2 Å². The molecule has 1 saturated carbocycles. The van der Waals surface area contributed by atoms with Crippen molar-refractivity contribution in [2.24, 2.45) is 0 Å². The lowest BCUT2D eigenvalue weighted by atomic mass is 9.93. The van der Waals surface area contributed by atoms with Gasteiger partial charge in [0.1, 0.15) is 6.33 Å². The third kappa shape index (κ3) is 1.77. The Bertz CT molecular complexity index is 542. The Kier molecular flexibility index (Phi) is 2.68. The van der Waals surface area contributed by atoms with Crippen LogP contribution in [0.15, 0.2) is 6.33 Å². The van der Waals surface area contributed by atoms with Gasteiger partial charge in [-0.1, -0.05) is 29.7 Å². The summed E-state index contributed by atoms with van der Waals surface area (Å²) in [7, 11) is 0. The van der Waals surface area contributed by atoms with Gasteiger partial charge in [0.15, 0.2) is 16.3 Å². The van der Waals surface area contributed by atoms with Gasteiger partial charge in [-0.2, -0.15) is 0 Å². The first-order valence-electron chi connectivity index (χ1n) is 5.67. The van der Waals surface area contributed by atoms with Crippen molar-refractivity contribution in [3.8, 4) is 0 Å². The van der Waals surface area contributed by atoms with Crippen LogP contribution in [-0.2, 0) is 0 Å². The number of halogens is 1. The Hall–Kier alpha value is -1.27. The summed E-state index contributed by atoms with van der Waals surface area (Å²) in [5.41, 5.74) is 1.09. The van der Waals surface area contributed by atoms with Gasteiger partial charge < -0.3 is 5.11 Å². The molecule has 0 radical (unpaired) electrons. The van der Waals surface area contributed by atoms with E-state index in [1.807, 2.05) is 0 Å². The molecule has 3 rings (SSSR count). The summed E-state index contributed by atoms with van der Waals surface area (Å²) in [6.45, 7) is 0. The smallest absolute Gasteiger partial charge is 0.183 e. The van der Waals surface area contributed by atoms with E-state index in [0.29, 0.717) is 16.3 Å². The van der Waals surface area contributed by atoms with Crippen molar-refractivity contribution in [2.75, 3.05) is 0 Å². The van der Waals surface area contributed by atoms with Crippen LogP contribution in [0.2, 0.25) is 5.15 Å². The lowest BCUT2D eigenvalue weighted by molar-refractivity contribution is 0.0703. The highest BCUT2D eigenvalue weighted by molar-refractivity contribution is 6.33. The van der Waals surface area contributed by atoms with Crippen LogP contribution in [0.1, 0.15) is 31.7 Å². The first-order valence-corrected chi connectivity index (χ1v) is 6.04. The summed E-state index contributed by atoms with van der Waals surface area (Å²) in [5.74, 6) is 0. The normalized spacial score (nSPS) is 25.3. The molecule has 0 aromatic carbocycles. The van der Waals surface area contributed by atoms with Gasteiger partial charge in [-0.05, 0) is 12.8 Å². The topological polar surface area (TPSA) is 76.7 Å². The predicted molar refractivity (Wildman–Crippen MR) is 61.6 cm³/mol. The number of rotatable bonds is 1. The quantitative estimate of drug-likeness (QED) is 0.777. The number of aliphatic hydroxyl groups excluding tert-OH is 1. The molecule has 1 aliphatic rings. The molecular weight excluding hydrogens is 242 g/mol. The lowest BCUT2D eigenvalue weighted by Crippen LogP contribution is -2.28. The second-order valence-electron chi connectivity index (χ2n) is 4.29. The molecule has 0 amide bonds. The van der Waals surface area contributed by atoms with E-state index >= 15 is 0 Å². The third-order valence-corrected chi connectivity index (χ3v) is 3.50. The summed E-state index contributed by atoms with van der Waals surface area (Å²) < 4.78 is 1.67. The Balaban J connectivity index is 2.08. The molecule has 0 saturated heterocycles. The van der Waals surface area contributed by atoms with E-state index in [2.05, 4.69) is 20.3 Å². The average Bonchev–Trinajstić information content (AvgIpc) is 2.75. The molecule has 0 bridgehead atoms. The van der Waals surface area contributed by atoms with E-state index in [0.717, 1.165) is 25.7 Å². The van der Waals surface area contributed by atoms with Crippen LogP contribution in [0, 0.1) is 0 Å². The Morgan fingerprint density at radius 2 is 2.12 bits per heavy atom. The van der Waals surface area contributed by atoms with Crippen molar-refractivity contribution in [1.82, 2.24) is 25.0 Å². The standard InChI is InChI=1S/C10H12ClN5O/c11-9-8-10(13-5-12-9)16(15-14-8)6-3-1-2-4-7(6)17/h5-7,17H,1-4H2/t6-,7+/m1/s1. The van der Waals surface area contributed by atoms with Gasteiger partial charge in [0.25, 0.3) is 0 Å². The van der Waals surface area contributed by atoms with Crippen molar-refractivity contribution in [3.05, 3.63) is 11.5 Å². The van der Waals surface area contributed by atoms with Gasteiger partial charge in [0.2, 0.25) is 0 Å². The van der Waals surface area contributed by atoms with E-state index in [-0.39, 0.29) is 12.1 Å². The van der Waals surface area contributed by atoms with Gasteiger partial charge in [-0.3, -0.25) is 0 Å². The number of aliphatic hydroxyl groups is 1. The summed E-state index contributed by atoms with van der Waals surface area (Å²) in [6, 6.07) is -0.0558. The molecular formula is C10H12ClN5O. The van der Waals surface area contributed by atoms with Crippen LogP contribution in [0.5, 0.6) is 0 Å². The second-order valence-corrected chi connectivity index (χ2v) is 4.65. The molecule has 7 heteroatoms. The molecule has 1 aliphatic carbocycles. The molecule has 2 atom stereocenters. The molecule has 1 N–H and O–H groups in total. The molecule has 2 aromatic rings. The van der Waals surface area contributed by atoms with Gasteiger partial charge in [-0.25, -0.2) is 14.6 Å². The SMILES string of the molecule is O[C@H]1CCCC[C@H]1n1nnc2c(Cl)ncnc21. The average molecular weight is 254 g/mol. The van der Waals surface area contributed by atoms with Crippen LogP contribution >= 0.6 is 11.6 Å². The number of hydrogen-bond donors (Lipinski definition) is 1. The minimum Gasteiger partial charge on any atom is -0.391 e. The highest BCUT2D eigenvalue weighted by atomic mass is 35.5. The van der Waals surface area contributed by atoms with Gasteiger partial charge >= 0.3 is 0 Å². The monoisotopic (exact) mass is 253 g/mol. The fourth-order valence-corrected chi connectivity index (χ4v) is 2.50. The van der Waals surface area contributed by atoms with Crippen molar-refractivity contribution in [1.29, 1.82) is 0 Å². The summed E-state index contributed by atoms with van der Waals surface area (Å²) in [4.78, 5) is 8.00. The van der Waals surface area contributed by atoms with Gasteiger partial charge in [0.05, 0.1) is 12.1 Å². The lowest BCUT2D eigenvalue weighted by Gasteiger charge is -2.27. The zero-order chi connectivity index (χ0) is 11.8. The van der Waals surface area contributed by atoms with Crippen molar-refractivity contribution in [3.63, 3.8) is 0 Å². The second kappa shape index (κ2) is 4.19. The Morgan fingerprint density at radius 1 is 1.29 bits per heavy atom. The van der Waals surface area contributed by atoms with Crippen LogP contribution in [0.4, 0.5) is 0 Å². The number of aromatic nitrogens is 5. The van der Waals surface area contributed by atoms with Crippen molar-refractivity contribution < 1.29 is 5.11 Å². The maximum atomic E-state index is 10.0. The van der Waals surface area contributed by atoms with Crippen LogP contribution < -0.4 is 0 Å². The summed E-state index contributed by atoms with van der Waals surface area (Å²) in [5, 5.41) is 18.3. The summed E-state index contributed by atoms with van der Waals surface area (Å²) in [6.07, 6.45) is 4.83. The summed E-state index contributed by atoms with van der Waals surface area (Å²) >= 11 is 5.92. The van der Waals surface area contributed by atoms with E-state index in [1.165, 1.54) is 6.33 Å². The number of fused-ring (bicyclic) bond motifs is 1. The minimum absolute atomic E-state index is 0.0558. The molecule has 0 unspecified atom stereocenters. The largest absolute Gasteiger partial charge is 0.391 e. The van der Waals surface area contributed by atoms with Crippen molar-refractivity contribution >= 4 is 22.8 Å². The predicted octanol–water partition coefficient (Wildman–Crippen LogP) is 1.35. The molecule has 0 aliphatic heterocycles. The Morgan fingerprint density at radius 3 is 2.94 bits per heavy atom. The van der Waals surface area contributed by atoms with Crippen LogP contribution in [0.3, 0.4) is 0 Å². The van der Waals surface area contributed by atoms with Crippen LogP contribution in [-0.4, -0.2) is 36.2 Å². The Labute approximate surface area is 103 Å². The third-order valence-electron chi connectivity index (χ3n) is 3.22. The molecule has 17 heavy (non-hydrogen) atoms. The van der Waals surface area contributed by atoms with E-state index in [9.17, 15) is 5.11 Å². The van der Waals surface area contributed by atoms with E-state index in [4.69, 9.17) is 11.6 Å². The fraction of sp³-hybridized carbons (Fsp3) is 0.600. The van der Waals surface area contributed by atoms with E-state index < -0.39 is 0 Å². The fourth-order valence-electron chi connectivity index (χ4n) is 2.34. The molecule has 0 spiro atoms. The maximum absolute atomic E-state index is 10.0. The zero-order valence-electron chi connectivity index (χ0n) is 9.12. The minimum atomic E-state index is -0.387. The van der Waals surface area contributed by atoms with Gasteiger partial charge in [-0.15, -0.1) is 5.10 Å². The zero-order valence-corrected chi connectivity index (χ0v) is 9.88. The molecule has 2 aromatic heterocycles. The molecule has 2 heterocycles. The first kappa shape index (κ1) is 10.9. The highest BCUT2D eigenvalue weighted by Crippen LogP contribution is 2.30. The molecule has 1 fully saturated rings.